The van der Waals surface area contributed by atoms with E-state index in [9.17, 15) is 44.0 Å². The average Bonchev–Trinajstić information content (AvgIpc) is 3.01. The van der Waals surface area contributed by atoms with Gasteiger partial charge in [0.15, 0.2) is 0 Å². The fraction of sp³-hybridized carbons (Fsp3) is 0.0625. The summed E-state index contributed by atoms with van der Waals surface area (Å²) in [5.74, 6) is 0. The van der Waals surface area contributed by atoms with Gasteiger partial charge in [0, 0.05) is 28.3 Å². The molecule has 0 saturated carbocycles. The van der Waals surface area contributed by atoms with Crippen LogP contribution in [-0.4, -0.2) is 44.0 Å². The van der Waals surface area contributed by atoms with Crippen molar-refractivity contribution in [2.45, 2.75) is 27.2 Å². The first-order chi connectivity index (χ1) is 22.4. The normalized spacial score (nSPS) is 13.4. The summed E-state index contributed by atoms with van der Waals surface area (Å²) in [6, 6.07) is 25.8. The molecule has 0 fully saturated rings. The van der Waals surface area contributed by atoms with Crippen molar-refractivity contribution in [3.05, 3.63) is 131 Å². The van der Waals surface area contributed by atoms with E-state index in [1.807, 2.05) is 0 Å². The number of nitrogens with one attached hydrogen (secondary N) is 2. The molecule has 1 unspecified atom stereocenters. The molecule has 0 amide bonds. The predicted molar refractivity (Wildman–Crippen MR) is 179 cm³/mol. The molecule has 0 aliphatic heterocycles. The van der Waals surface area contributed by atoms with Gasteiger partial charge in [-0.15, -0.1) is 0 Å². The van der Waals surface area contributed by atoms with E-state index in [4.69, 9.17) is 5.73 Å². The van der Waals surface area contributed by atoms with Crippen molar-refractivity contribution >= 4 is 58.8 Å². The van der Waals surface area contributed by atoms with Crippen LogP contribution in [0.15, 0.2) is 124 Å². The number of nitrogen functional groups attached to an aromatic ring is 1. The van der Waals surface area contributed by atoms with Crippen LogP contribution < -0.4 is 16.4 Å². The average molecular weight is 712 g/mol. The number of hydrogen-bond acceptors (Lipinski definition) is 10. The summed E-state index contributed by atoms with van der Waals surface area (Å²) in [7, 11) is -13.8. The minimum Gasteiger partial charge on any atom is -0.398 e. The highest BCUT2D eigenvalue weighted by molar-refractivity contribution is 7.86. The molecule has 16 heteroatoms. The molecule has 8 N–H and O–H groups in total. The second-order valence-electron chi connectivity index (χ2n) is 10.7. The van der Waals surface area contributed by atoms with Crippen molar-refractivity contribution in [2.24, 2.45) is 0 Å². The second-order valence-corrected chi connectivity index (χ2v) is 14.9. The van der Waals surface area contributed by atoms with Crippen LogP contribution in [0.2, 0.25) is 0 Å². The van der Waals surface area contributed by atoms with Gasteiger partial charge in [0.1, 0.15) is 15.4 Å². The van der Waals surface area contributed by atoms with Crippen molar-refractivity contribution in [2.75, 3.05) is 16.4 Å². The molecule has 0 radical (unpaired) electrons. The smallest absolute Gasteiger partial charge is 0.296 e. The van der Waals surface area contributed by atoms with Gasteiger partial charge in [-0.3, -0.25) is 13.7 Å². The molecule has 250 valence electrons. The topological polar surface area (TPSA) is 233 Å². The Morgan fingerprint density at radius 2 is 1.06 bits per heavy atom. The van der Waals surface area contributed by atoms with E-state index in [-0.39, 0.29) is 43.4 Å². The molecule has 13 nitrogen and oxygen atoms in total. The van der Waals surface area contributed by atoms with Crippen molar-refractivity contribution in [1.29, 1.82) is 0 Å². The standard InChI is InChI=1S/C32H29N3O10S3/c1-20-28(33)19-18-27(31(20)48(43,44)45)32(36,21-6-10-23(11-7-21)34-24-14-16-26(17-15-24)46(37,38)39)22-8-12-25(13-9-22)35-29-4-2-3-5-30(29)47(40,41)42/h2-19,34-36H,33H2,1H3,(H,37,38,39)(H,40,41,42)(H,43,44,45). The second kappa shape index (κ2) is 12.7. The van der Waals surface area contributed by atoms with Gasteiger partial charge in [0.25, 0.3) is 30.4 Å². The molecule has 0 saturated heterocycles. The highest BCUT2D eigenvalue weighted by atomic mass is 32.2. The quantitative estimate of drug-likeness (QED) is 0.0569. The Morgan fingerprint density at radius 1 is 0.583 bits per heavy atom. The highest BCUT2D eigenvalue weighted by Crippen LogP contribution is 2.43. The highest BCUT2D eigenvalue weighted by Gasteiger charge is 2.39. The van der Waals surface area contributed by atoms with Crippen LogP contribution in [0.1, 0.15) is 22.3 Å². The van der Waals surface area contributed by atoms with Gasteiger partial charge in [-0.05, 0) is 90.3 Å². The number of aliphatic hydroxyl groups is 1. The van der Waals surface area contributed by atoms with Crippen molar-refractivity contribution < 1.29 is 44.0 Å². The fourth-order valence-electron chi connectivity index (χ4n) is 5.22. The van der Waals surface area contributed by atoms with Gasteiger partial charge in [-0.1, -0.05) is 42.5 Å². The van der Waals surface area contributed by atoms with Crippen LogP contribution in [0.25, 0.3) is 0 Å². The molecule has 0 aliphatic rings. The number of hydrogen-bond donors (Lipinski definition) is 7. The Kier molecular flexibility index (Phi) is 9.11. The summed E-state index contributed by atoms with van der Waals surface area (Å²) in [6.45, 7) is 1.39. The zero-order valence-corrected chi connectivity index (χ0v) is 27.4. The van der Waals surface area contributed by atoms with E-state index >= 15 is 0 Å². The number of nitrogens with two attached hydrogens (primary N) is 1. The Hall–Kier alpha value is -4.81. The Balaban J connectivity index is 1.59. The Morgan fingerprint density at radius 3 is 1.54 bits per heavy atom. The SMILES string of the molecule is Cc1c(N)ccc(C(O)(c2ccc(Nc3ccc(S(=O)(=O)O)cc3)cc2)c2ccc(Nc3ccccc3S(=O)(=O)O)cc2)c1S(=O)(=O)O. The molecular weight excluding hydrogens is 683 g/mol. The number of benzene rings is 5. The van der Waals surface area contributed by atoms with Crippen LogP contribution >= 0.6 is 0 Å². The minimum atomic E-state index is -4.92. The maximum Gasteiger partial charge on any atom is 0.296 e. The summed E-state index contributed by atoms with van der Waals surface area (Å²) in [4.78, 5) is -1.23. The largest absolute Gasteiger partial charge is 0.398 e. The van der Waals surface area contributed by atoms with Gasteiger partial charge in [0.2, 0.25) is 0 Å². The summed E-state index contributed by atoms with van der Waals surface area (Å²) < 4.78 is 101. The lowest BCUT2D eigenvalue weighted by Gasteiger charge is -2.32. The van der Waals surface area contributed by atoms with Crippen molar-refractivity contribution in [1.82, 2.24) is 0 Å². The maximum absolute atomic E-state index is 12.7. The molecule has 0 spiro atoms. The van der Waals surface area contributed by atoms with E-state index in [2.05, 4.69) is 10.6 Å². The third-order valence-corrected chi connectivity index (χ3v) is 10.4. The number of para-hydroxylation sites is 1. The Labute approximate surface area is 277 Å². The van der Waals surface area contributed by atoms with Gasteiger partial charge in [-0.25, -0.2) is 0 Å². The van der Waals surface area contributed by atoms with Gasteiger partial charge < -0.3 is 21.5 Å². The van der Waals surface area contributed by atoms with E-state index < -0.39 is 40.9 Å². The van der Waals surface area contributed by atoms with Crippen molar-refractivity contribution in [3.63, 3.8) is 0 Å². The molecule has 5 rings (SSSR count). The zero-order valence-electron chi connectivity index (χ0n) is 24.9. The molecule has 0 bridgehead atoms. The summed E-state index contributed by atoms with van der Waals surface area (Å²) in [5.41, 5.74) is 5.43. The van der Waals surface area contributed by atoms with Crippen molar-refractivity contribution in [3.8, 4) is 0 Å². The zero-order chi connectivity index (χ0) is 35.1. The van der Waals surface area contributed by atoms with Crippen LogP contribution in [0.5, 0.6) is 0 Å². The van der Waals surface area contributed by atoms with Crippen LogP contribution in [-0.2, 0) is 36.0 Å². The molecule has 0 aromatic heterocycles. The third-order valence-electron chi connectivity index (χ3n) is 7.59. The lowest BCUT2D eigenvalue weighted by molar-refractivity contribution is 0.122. The minimum absolute atomic E-state index is 0.0140. The van der Waals surface area contributed by atoms with Crippen LogP contribution in [0.3, 0.4) is 0 Å². The van der Waals surface area contributed by atoms with E-state index in [0.29, 0.717) is 17.1 Å². The molecule has 0 aliphatic carbocycles. The monoisotopic (exact) mass is 711 g/mol. The van der Waals surface area contributed by atoms with Gasteiger partial charge >= 0.3 is 0 Å². The molecule has 5 aromatic rings. The molecule has 1 atom stereocenters. The predicted octanol–water partition coefficient (Wildman–Crippen LogP) is 5.09. The summed E-state index contributed by atoms with van der Waals surface area (Å²) >= 11 is 0. The van der Waals surface area contributed by atoms with E-state index in [1.165, 1.54) is 97.9 Å². The maximum atomic E-state index is 12.7. The number of rotatable bonds is 10. The molecule has 48 heavy (non-hydrogen) atoms. The Bertz CT molecular complexity index is 2330. The third kappa shape index (κ3) is 7.04. The van der Waals surface area contributed by atoms with E-state index in [0.717, 1.165) is 0 Å². The summed E-state index contributed by atoms with van der Waals surface area (Å²) in [6.07, 6.45) is 0. The number of anilines is 5. The van der Waals surface area contributed by atoms with Crippen LogP contribution in [0, 0.1) is 6.92 Å². The van der Waals surface area contributed by atoms with E-state index in [1.54, 1.807) is 18.2 Å². The van der Waals surface area contributed by atoms with Crippen LogP contribution in [0.4, 0.5) is 28.4 Å². The lowest BCUT2D eigenvalue weighted by Crippen LogP contribution is -2.31. The first-order valence-corrected chi connectivity index (χ1v) is 18.2. The first kappa shape index (κ1) is 34.5. The lowest BCUT2D eigenvalue weighted by atomic mass is 9.79. The first-order valence-electron chi connectivity index (χ1n) is 13.9. The van der Waals surface area contributed by atoms with Gasteiger partial charge in [0.05, 0.1) is 10.6 Å². The molecule has 0 heterocycles. The fourth-order valence-corrected chi connectivity index (χ4v) is 7.34. The van der Waals surface area contributed by atoms with Gasteiger partial charge in [-0.2, -0.15) is 25.3 Å². The molecule has 5 aromatic carbocycles. The molecular formula is C32H29N3O10S3. The summed E-state index contributed by atoms with van der Waals surface area (Å²) in [5, 5.41) is 18.5.